The highest BCUT2D eigenvalue weighted by Crippen LogP contribution is 2.37. The van der Waals surface area contributed by atoms with E-state index in [1.807, 2.05) is 62.3 Å². The molecule has 506 valence electrons. The fourth-order valence-corrected chi connectivity index (χ4v) is 9.04. The number of benzene rings is 5. The number of nitrogens with zero attached hydrogens (tertiary/aromatic N) is 8. The second-order valence-corrected chi connectivity index (χ2v) is 28.4. The van der Waals surface area contributed by atoms with Crippen LogP contribution in [0.4, 0.5) is 49.5 Å². The number of H-pyrrole nitrogens is 1. The highest BCUT2D eigenvalue weighted by molar-refractivity contribution is 5.70. The average Bonchev–Trinajstić information content (AvgIpc) is 1.64. The quantitative estimate of drug-likeness (QED) is 0.0626. The molecule has 0 saturated heterocycles. The molecule has 0 spiro atoms. The second-order valence-electron chi connectivity index (χ2n) is 28.4. The highest BCUT2D eigenvalue weighted by Gasteiger charge is 2.37. The van der Waals surface area contributed by atoms with Gasteiger partial charge in [0.1, 0.15) is 69.2 Å². The lowest BCUT2D eigenvalue weighted by Crippen LogP contribution is -2.41. The molecule has 0 aliphatic carbocycles. The Bertz CT molecular complexity index is 3940. The number of rotatable bonds is 13. The van der Waals surface area contributed by atoms with E-state index >= 15 is 0 Å². The van der Waals surface area contributed by atoms with Crippen LogP contribution in [0.3, 0.4) is 0 Å². The first-order chi connectivity index (χ1) is 43.3. The van der Waals surface area contributed by atoms with E-state index in [0.717, 1.165) is 54.6 Å². The maximum absolute atomic E-state index is 14.7. The molecule has 3 heterocycles. The Hall–Kier alpha value is -9.23. The Morgan fingerprint density at radius 2 is 0.819 bits per heavy atom. The molecule has 0 aliphatic heterocycles. The van der Waals surface area contributed by atoms with Gasteiger partial charge < -0.3 is 30.2 Å². The van der Waals surface area contributed by atoms with Crippen molar-refractivity contribution < 1.29 is 63.7 Å². The molecule has 4 N–H and O–H groups in total. The van der Waals surface area contributed by atoms with Crippen molar-refractivity contribution in [3.63, 3.8) is 0 Å². The van der Waals surface area contributed by atoms with Gasteiger partial charge in [-0.2, -0.15) is 15.3 Å². The summed E-state index contributed by atoms with van der Waals surface area (Å²) in [4.78, 5) is 50.6. The van der Waals surface area contributed by atoms with Gasteiger partial charge in [0.2, 0.25) is 0 Å². The standard InChI is InChI=1S/2C25H29F3N4O2.C18H24F2N4O2/c1-24(2,3)20(29-23(33)34-25(4,5)6)21-30-22(18-13-17(27)10-11-19(18)28)32(31-21)14-15-8-7-9-16(26)12-15;1-24(2,3)20(29-23(33)34-25(4,5)6)22-30-21(18-13-17(27)10-11-19(18)28)31-32(22)14-15-8-7-9-16(26)12-15;1-17(2,3)13(21-16(25)26-18(4,5)6)15-22-14(23-24-15)11-9-10(19)7-8-12(11)20/h2*7-13,20H,14H2,1-6H3,(H,29,33);7-9,13H,1-6H3,(H,21,25)(H,22,23,24)/t2*20-;13-/m000/s1. The van der Waals surface area contributed by atoms with E-state index in [9.17, 15) is 49.5 Å². The maximum Gasteiger partial charge on any atom is 0.408 e. The van der Waals surface area contributed by atoms with Crippen LogP contribution in [0.25, 0.3) is 34.2 Å². The Labute approximate surface area is 542 Å². The van der Waals surface area contributed by atoms with E-state index in [4.69, 9.17) is 14.2 Å². The van der Waals surface area contributed by atoms with Gasteiger partial charge in [-0.1, -0.05) is 86.6 Å². The van der Waals surface area contributed by atoms with Gasteiger partial charge in [-0.15, -0.1) is 0 Å². The van der Waals surface area contributed by atoms with Crippen LogP contribution < -0.4 is 16.0 Å². The number of aromatic nitrogens is 9. The Morgan fingerprint density at radius 3 is 1.24 bits per heavy atom. The molecule has 0 saturated carbocycles. The van der Waals surface area contributed by atoms with Crippen LogP contribution in [-0.2, 0) is 27.3 Å². The van der Waals surface area contributed by atoms with Crippen molar-refractivity contribution in [2.24, 2.45) is 16.2 Å². The normalized spacial score (nSPS) is 13.1. The minimum atomic E-state index is -0.725. The van der Waals surface area contributed by atoms with Gasteiger partial charge in [-0.05, 0) is 169 Å². The smallest absolute Gasteiger partial charge is 0.408 e. The topological polar surface area (TPSA) is 218 Å². The molecule has 0 radical (unpaired) electrons. The Kier molecular flexibility index (Phi) is 23.1. The first-order valence-corrected chi connectivity index (χ1v) is 30.0. The molecule has 8 rings (SSSR count). The molecular weight excluding hydrogens is 1230 g/mol. The fourth-order valence-electron chi connectivity index (χ4n) is 9.04. The minimum absolute atomic E-state index is 0.0113. The van der Waals surface area contributed by atoms with E-state index in [0.29, 0.717) is 22.8 Å². The van der Waals surface area contributed by atoms with Crippen LogP contribution in [0.15, 0.2) is 103 Å². The van der Waals surface area contributed by atoms with Crippen molar-refractivity contribution in [2.45, 2.75) is 173 Å². The van der Waals surface area contributed by atoms with E-state index in [1.165, 1.54) is 33.6 Å². The van der Waals surface area contributed by atoms with Crippen molar-refractivity contribution in [3.8, 4) is 34.2 Å². The number of nitrogens with one attached hydrogen (secondary N) is 4. The molecule has 0 fully saturated rings. The molecular formula is C68H82F8N12O6. The predicted molar refractivity (Wildman–Crippen MR) is 338 cm³/mol. The molecule has 8 aromatic rings. The molecule has 3 atom stereocenters. The van der Waals surface area contributed by atoms with E-state index in [-0.39, 0.29) is 53.1 Å². The lowest BCUT2D eigenvalue weighted by atomic mass is 9.86. The van der Waals surface area contributed by atoms with Crippen molar-refractivity contribution in [1.29, 1.82) is 0 Å². The first kappa shape index (κ1) is 73.8. The number of hydrogen-bond donors (Lipinski definition) is 4. The summed E-state index contributed by atoms with van der Waals surface area (Å²) >= 11 is 0. The summed E-state index contributed by atoms with van der Waals surface area (Å²) in [6.45, 7) is 32.9. The molecule has 0 unspecified atom stereocenters. The zero-order valence-corrected chi connectivity index (χ0v) is 56.0. The van der Waals surface area contributed by atoms with E-state index in [2.05, 4.69) is 51.3 Å². The number of ether oxygens (including phenoxy) is 3. The zero-order valence-electron chi connectivity index (χ0n) is 56.0. The van der Waals surface area contributed by atoms with Crippen LogP contribution >= 0.6 is 0 Å². The molecule has 0 aliphatic rings. The average molecular weight is 1320 g/mol. The van der Waals surface area contributed by atoms with Crippen molar-refractivity contribution >= 4 is 18.3 Å². The van der Waals surface area contributed by atoms with Crippen LogP contribution in [0.5, 0.6) is 0 Å². The molecule has 26 heteroatoms. The number of halogens is 8. The van der Waals surface area contributed by atoms with Crippen molar-refractivity contribution in [1.82, 2.24) is 60.7 Å². The fraction of sp³-hybridized carbons (Fsp3) is 0.426. The maximum atomic E-state index is 14.7. The lowest BCUT2D eigenvalue weighted by molar-refractivity contribution is 0.0446. The molecule has 18 nitrogen and oxygen atoms in total. The van der Waals surface area contributed by atoms with Crippen LogP contribution in [-0.4, -0.2) is 79.8 Å². The van der Waals surface area contributed by atoms with Crippen molar-refractivity contribution in [2.75, 3.05) is 0 Å². The van der Waals surface area contributed by atoms with Gasteiger partial charge in [0, 0.05) is 0 Å². The third kappa shape index (κ3) is 21.7. The second kappa shape index (κ2) is 29.4. The van der Waals surface area contributed by atoms with Gasteiger partial charge in [0.05, 0.1) is 47.9 Å². The number of carbonyl (C=O) groups is 3. The number of aromatic amines is 1. The van der Waals surface area contributed by atoms with E-state index < -0.39 is 116 Å². The van der Waals surface area contributed by atoms with Gasteiger partial charge in [-0.25, -0.2) is 73.8 Å². The molecule has 3 amide bonds. The predicted octanol–water partition coefficient (Wildman–Crippen LogP) is 16.4. The monoisotopic (exact) mass is 1310 g/mol. The van der Waals surface area contributed by atoms with Gasteiger partial charge >= 0.3 is 18.3 Å². The molecule has 3 aromatic heterocycles. The van der Waals surface area contributed by atoms with Crippen LogP contribution in [0.1, 0.15) is 171 Å². The molecule has 0 bridgehead atoms. The van der Waals surface area contributed by atoms with Gasteiger partial charge in [-0.3, -0.25) is 5.10 Å². The number of alkyl carbamates (subject to hydrolysis) is 3. The summed E-state index contributed by atoms with van der Waals surface area (Å²) in [6.07, 6.45) is -1.93. The van der Waals surface area contributed by atoms with Crippen molar-refractivity contribution in [3.05, 3.63) is 178 Å². The molecule has 94 heavy (non-hydrogen) atoms. The summed E-state index contributed by atoms with van der Waals surface area (Å²) in [6, 6.07) is 18.9. The number of carbonyl (C=O) groups excluding carboxylic acids is 3. The largest absolute Gasteiger partial charge is 0.444 e. The summed E-state index contributed by atoms with van der Waals surface area (Å²) in [5.74, 6) is -3.93. The van der Waals surface area contributed by atoms with Gasteiger partial charge in [0.25, 0.3) is 0 Å². The highest BCUT2D eigenvalue weighted by atomic mass is 19.2. The van der Waals surface area contributed by atoms with Crippen LogP contribution in [0, 0.1) is 62.8 Å². The zero-order chi connectivity index (χ0) is 70.2. The third-order valence-corrected chi connectivity index (χ3v) is 13.2. The summed E-state index contributed by atoms with van der Waals surface area (Å²) in [5, 5.41) is 24.0. The van der Waals surface area contributed by atoms with Gasteiger partial charge in [0.15, 0.2) is 29.1 Å². The Morgan fingerprint density at radius 1 is 0.436 bits per heavy atom. The summed E-state index contributed by atoms with van der Waals surface area (Å²) < 4.78 is 131. The summed E-state index contributed by atoms with van der Waals surface area (Å²) in [5.41, 5.74) is -2.78. The lowest BCUT2D eigenvalue weighted by Gasteiger charge is -2.31. The summed E-state index contributed by atoms with van der Waals surface area (Å²) in [7, 11) is 0. The minimum Gasteiger partial charge on any atom is -0.444 e. The first-order valence-electron chi connectivity index (χ1n) is 30.0. The number of amides is 3. The number of hydrogen-bond acceptors (Lipinski definition) is 12. The third-order valence-electron chi connectivity index (χ3n) is 13.2. The Balaban J connectivity index is 0.000000226. The SMILES string of the molecule is CC(C)(C)OC(=O)N[C@@H](c1nc(-c2cc(F)ccc2F)n(Cc2cccc(F)c2)n1)C(C)(C)C.CC(C)(C)OC(=O)N[C@@H](c1nc(-c2cc(F)ccc2F)n[nH]1)C(C)(C)C.CC(C)(C)OC(=O)N[C@@H](c1nc(-c2cc(F)ccc2F)nn1Cc1cccc(F)c1)C(C)(C)C. The van der Waals surface area contributed by atoms with Crippen LogP contribution in [0.2, 0.25) is 0 Å². The molecule has 5 aromatic carbocycles. The van der Waals surface area contributed by atoms with E-state index in [1.54, 1.807) is 86.6 Å².